The number of nitrogens with zero attached hydrogens (tertiary/aromatic N) is 3. The second-order valence-corrected chi connectivity index (χ2v) is 4.62. The molecule has 0 saturated carbocycles. The second kappa shape index (κ2) is 3.68. The molecule has 19 heavy (non-hydrogen) atoms. The fourth-order valence-electron chi connectivity index (χ4n) is 2.48. The van der Waals surface area contributed by atoms with E-state index in [0.29, 0.717) is 0 Å². The molecule has 0 saturated heterocycles. The summed E-state index contributed by atoms with van der Waals surface area (Å²) in [6.07, 6.45) is 1.71. The van der Waals surface area contributed by atoms with E-state index in [1.807, 2.05) is 31.3 Å². The topological polar surface area (TPSA) is 46.5 Å². The molecule has 0 spiro atoms. The number of aromatic amines is 1. The number of fused-ring (bicyclic) bond motifs is 2. The summed E-state index contributed by atoms with van der Waals surface area (Å²) in [4.78, 5) is 12.1. The van der Waals surface area contributed by atoms with Crippen molar-refractivity contribution in [3.05, 3.63) is 48.8 Å². The molecule has 2 aromatic heterocycles. The fourth-order valence-corrected chi connectivity index (χ4v) is 2.48. The lowest BCUT2D eigenvalue weighted by Gasteiger charge is -2.02. The molecule has 0 fully saturated rings. The summed E-state index contributed by atoms with van der Waals surface area (Å²) in [5.74, 6) is 0.970. The van der Waals surface area contributed by atoms with Crippen LogP contribution >= 0.6 is 0 Å². The molecule has 4 nitrogen and oxygen atoms in total. The lowest BCUT2D eigenvalue weighted by atomic mass is 10.2. The zero-order valence-electron chi connectivity index (χ0n) is 10.5. The fraction of sp³-hybridized carbons (Fsp3) is 0.0667. The van der Waals surface area contributed by atoms with Gasteiger partial charge in [-0.25, -0.2) is 9.97 Å². The molecule has 0 atom stereocenters. The number of hydrogen-bond acceptors (Lipinski definition) is 2. The van der Waals surface area contributed by atoms with Crippen molar-refractivity contribution in [2.75, 3.05) is 0 Å². The first kappa shape index (κ1) is 10.3. The van der Waals surface area contributed by atoms with Crippen LogP contribution in [-0.4, -0.2) is 19.5 Å². The molecule has 0 unspecified atom stereocenters. The van der Waals surface area contributed by atoms with Crippen LogP contribution in [0.4, 0.5) is 0 Å². The van der Waals surface area contributed by atoms with Gasteiger partial charge in [0.1, 0.15) is 5.82 Å². The number of H-pyrrole nitrogens is 1. The standard InChI is InChI=1S/C15H12N4/c1-19-14-5-3-2-4-12(14)18-15(19)10-6-7-11-13(8-10)17-9-16-11/h2-9H,1H3,(H,16,17). The van der Waals surface area contributed by atoms with Crippen molar-refractivity contribution < 1.29 is 0 Å². The molecule has 2 heterocycles. The van der Waals surface area contributed by atoms with Crippen LogP contribution < -0.4 is 0 Å². The number of rotatable bonds is 1. The van der Waals surface area contributed by atoms with Gasteiger partial charge in [0, 0.05) is 12.6 Å². The van der Waals surface area contributed by atoms with Gasteiger partial charge in [-0.15, -0.1) is 0 Å². The summed E-state index contributed by atoms with van der Waals surface area (Å²) in [6, 6.07) is 14.3. The van der Waals surface area contributed by atoms with Crippen molar-refractivity contribution >= 4 is 22.1 Å². The Labute approximate surface area is 109 Å². The van der Waals surface area contributed by atoms with E-state index >= 15 is 0 Å². The third kappa shape index (κ3) is 1.46. The summed E-state index contributed by atoms with van der Waals surface area (Å²) in [7, 11) is 2.04. The minimum atomic E-state index is 0.970. The second-order valence-electron chi connectivity index (χ2n) is 4.62. The Balaban J connectivity index is 2.00. The van der Waals surface area contributed by atoms with Crippen LogP contribution in [-0.2, 0) is 7.05 Å². The van der Waals surface area contributed by atoms with Crippen LogP contribution in [0.1, 0.15) is 0 Å². The van der Waals surface area contributed by atoms with E-state index in [1.54, 1.807) is 6.33 Å². The summed E-state index contributed by atoms with van der Waals surface area (Å²) in [5.41, 5.74) is 5.26. The molecule has 4 heteroatoms. The first-order chi connectivity index (χ1) is 9.33. The summed E-state index contributed by atoms with van der Waals surface area (Å²) < 4.78 is 2.12. The van der Waals surface area contributed by atoms with Crippen molar-refractivity contribution in [3.63, 3.8) is 0 Å². The zero-order valence-corrected chi connectivity index (χ0v) is 10.5. The van der Waals surface area contributed by atoms with Gasteiger partial charge in [0.05, 0.1) is 28.4 Å². The highest BCUT2D eigenvalue weighted by molar-refractivity contribution is 5.84. The molecule has 0 radical (unpaired) electrons. The number of aryl methyl sites for hydroxylation is 1. The molecular formula is C15H12N4. The Morgan fingerprint density at radius 2 is 1.95 bits per heavy atom. The smallest absolute Gasteiger partial charge is 0.140 e. The van der Waals surface area contributed by atoms with Crippen LogP contribution in [0.2, 0.25) is 0 Å². The molecule has 0 aliphatic carbocycles. The Hall–Kier alpha value is -2.62. The maximum absolute atomic E-state index is 4.70. The van der Waals surface area contributed by atoms with Gasteiger partial charge in [0.15, 0.2) is 0 Å². The van der Waals surface area contributed by atoms with Crippen molar-refractivity contribution in [2.45, 2.75) is 0 Å². The molecule has 0 bridgehead atoms. The highest BCUT2D eigenvalue weighted by Gasteiger charge is 2.10. The SMILES string of the molecule is Cn1c(-c2ccc3nc[nH]c3c2)nc2ccccc21. The van der Waals surface area contributed by atoms with E-state index in [0.717, 1.165) is 33.5 Å². The van der Waals surface area contributed by atoms with Crippen LogP contribution in [0, 0.1) is 0 Å². The lowest BCUT2D eigenvalue weighted by molar-refractivity contribution is 0.960. The molecule has 92 valence electrons. The van der Waals surface area contributed by atoms with E-state index in [9.17, 15) is 0 Å². The molecule has 0 amide bonds. The normalized spacial score (nSPS) is 11.4. The van der Waals surface area contributed by atoms with Crippen molar-refractivity contribution in [3.8, 4) is 11.4 Å². The van der Waals surface area contributed by atoms with Crippen LogP contribution in [0.3, 0.4) is 0 Å². The Morgan fingerprint density at radius 1 is 1.05 bits per heavy atom. The quantitative estimate of drug-likeness (QED) is 0.562. The number of aromatic nitrogens is 4. The van der Waals surface area contributed by atoms with Crippen molar-refractivity contribution in [2.24, 2.45) is 7.05 Å². The van der Waals surface area contributed by atoms with Gasteiger partial charge in [-0.1, -0.05) is 12.1 Å². The maximum atomic E-state index is 4.70. The van der Waals surface area contributed by atoms with Gasteiger partial charge in [-0.05, 0) is 30.3 Å². The Morgan fingerprint density at radius 3 is 2.84 bits per heavy atom. The summed E-state index contributed by atoms with van der Waals surface area (Å²) in [6.45, 7) is 0. The predicted molar refractivity (Wildman–Crippen MR) is 75.8 cm³/mol. The molecule has 2 aromatic carbocycles. The average molecular weight is 248 g/mol. The van der Waals surface area contributed by atoms with Crippen LogP contribution in [0.15, 0.2) is 48.8 Å². The van der Waals surface area contributed by atoms with E-state index < -0.39 is 0 Å². The van der Waals surface area contributed by atoms with Gasteiger partial charge < -0.3 is 9.55 Å². The Kier molecular flexibility index (Phi) is 2.00. The number of para-hydroxylation sites is 2. The van der Waals surface area contributed by atoms with Gasteiger partial charge in [0.25, 0.3) is 0 Å². The molecule has 0 aliphatic heterocycles. The van der Waals surface area contributed by atoms with E-state index in [1.165, 1.54) is 0 Å². The third-order valence-electron chi connectivity index (χ3n) is 3.47. The van der Waals surface area contributed by atoms with Crippen molar-refractivity contribution in [1.29, 1.82) is 0 Å². The van der Waals surface area contributed by atoms with E-state index in [4.69, 9.17) is 4.98 Å². The van der Waals surface area contributed by atoms with E-state index in [-0.39, 0.29) is 0 Å². The third-order valence-corrected chi connectivity index (χ3v) is 3.47. The average Bonchev–Trinajstić information content (AvgIpc) is 3.03. The highest BCUT2D eigenvalue weighted by Crippen LogP contribution is 2.25. The molecule has 1 N–H and O–H groups in total. The maximum Gasteiger partial charge on any atom is 0.140 e. The van der Waals surface area contributed by atoms with Crippen molar-refractivity contribution in [1.82, 2.24) is 19.5 Å². The lowest BCUT2D eigenvalue weighted by Crippen LogP contribution is -1.92. The molecular weight excluding hydrogens is 236 g/mol. The van der Waals surface area contributed by atoms with Gasteiger partial charge in [-0.3, -0.25) is 0 Å². The van der Waals surface area contributed by atoms with Gasteiger partial charge >= 0.3 is 0 Å². The molecule has 4 rings (SSSR count). The number of hydrogen-bond donors (Lipinski definition) is 1. The minimum Gasteiger partial charge on any atom is -0.345 e. The van der Waals surface area contributed by atoms with Crippen LogP contribution in [0.5, 0.6) is 0 Å². The predicted octanol–water partition coefficient (Wildman–Crippen LogP) is 3.12. The number of benzene rings is 2. The summed E-state index contributed by atoms with van der Waals surface area (Å²) >= 11 is 0. The minimum absolute atomic E-state index is 0.970. The Bertz CT molecular complexity index is 885. The zero-order chi connectivity index (χ0) is 12.8. The summed E-state index contributed by atoms with van der Waals surface area (Å²) in [5, 5.41) is 0. The van der Waals surface area contributed by atoms with Crippen LogP contribution in [0.25, 0.3) is 33.5 Å². The first-order valence-electron chi connectivity index (χ1n) is 6.18. The number of imidazole rings is 2. The highest BCUT2D eigenvalue weighted by atomic mass is 15.1. The largest absolute Gasteiger partial charge is 0.345 e. The first-order valence-corrected chi connectivity index (χ1v) is 6.18. The van der Waals surface area contributed by atoms with Gasteiger partial charge in [-0.2, -0.15) is 0 Å². The van der Waals surface area contributed by atoms with Gasteiger partial charge in [0.2, 0.25) is 0 Å². The molecule has 0 aliphatic rings. The van der Waals surface area contributed by atoms with E-state index in [2.05, 4.69) is 32.7 Å². The molecule has 4 aromatic rings. The number of nitrogens with one attached hydrogen (secondary N) is 1. The monoisotopic (exact) mass is 248 g/mol.